The first-order valence-electron chi connectivity index (χ1n) is 10.8. The lowest BCUT2D eigenvalue weighted by atomic mass is 10.0. The average molecular weight is 443 g/mol. The third-order valence-corrected chi connectivity index (χ3v) is 6.89. The number of benzene rings is 2. The lowest BCUT2D eigenvalue weighted by Gasteiger charge is -2.24. The van der Waals surface area contributed by atoms with Crippen molar-refractivity contribution < 1.29 is 14.3 Å². The van der Waals surface area contributed by atoms with Gasteiger partial charge in [0.05, 0.1) is 16.1 Å². The fourth-order valence-corrected chi connectivity index (χ4v) is 4.95. The van der Waals surface area contributed by atoms with Gasteiger partial charge in [0.1, 0.15) is 0 Å². The number of hydrogen-bond acceptors (Lipinski definition) is 5. The van der Waals surface area contributed by atoms with E-state index in [9.17, 15) is 4.79 Å². The minimum atomic E-state index is 0.0203. The highest BCUT2D eigenvalue weighted by molar-refractivity contribution is 7.13. The molecule has 0 spiro atoms. The van der Waals surface area contributed by atoms with E-state index in [1.165, 1.54) is 5.56 Å². The molecule has 2 aromatic carbocycles. The Bertz CT molecular complexity index is 1330. The van der Waals surface area contributed by atoms with Crippen LogP contribution in [0.3, 0.4) is 0 Å². The molecule has 0 bridgehead atoms. The highest BCUT2D eigenvalue weighted by atomic mass is 32.1. The van der Waals surface area contributed by atoms with Crippen LogP contribution in [0.2, 0.25) is 0 Å². The van der Waals surface area contributed by atoms with Crippen molar-refractivity contribution in [3.63, 3.8) is 0 Å². The van der Waals surface area contributed by atoms with E-state index in [-0.39, 0.29) is 18.7 Å². The monoisotopic (exact) mass is 442 g/mol. The molecule has 0 N–H and O–H groups in total. The molecule has 1 aliphatic carbocycles. The molecule has 160 valence electrons. The largest absolute Gasteiger partial charge is 0.454 e. The van der Waals surface area contributed by atoms with E-state index in [0.29, 0.717) is 23.6 Å². The summed E-state index contributed by atoms with van der Waals surface area (Å²) in [6.07, 6.45) is 2.07. The van der Waals surface area contributed by atoms with Crippen molar-refractivity contribution in [1.29, 1.82) is 0 Å². The molecule has 3 heterocycles. The molecule has 1 fully saturated rings. The van der Waals surface area contributed by atoms with Gasteiger partial charge in [0.2, 0.25) is 6.79 Å². The van der Waals surface area contributed by atoms with E-state index >= 15 is 0 Å². The molecule has 0 unspecified atom stereocenters. The molecule has 5 nitrogen and oxygen atoms in total. The van der Waals surface area contributed by atoms with Gasteiger partial charge in [0.15, 0.2) is 11.5 Å². The van der Waals surface area contributed by atoms with Gasteiger partial charge in [-0.1, -0.05) is 18.2 Å². The first kappa shape index (κ1) is 19.3. The van der Waals surface area contributed by atoms with Crippen molar-refractivity contribution in [1.82, 2.24) is 9.88 Å². The summed E-state index contributed by atoms with van der Waals surface area (Å²) in [6, 6.07) is 18.4. The van der Waals surface area contributed by atoms with Crippen LogP contribution >= 0.6 is 11.3 Å². The van der Waals surface area contributed by atoms with E-state index in [0.717, 1.165) is 39.9 Å². The molecule has 1 aliphatic heterocycles. The summed E-state index contributed by atoms with van der Waals surface area (Å²) in [5.41, 5.74) is 4.83. The van der Waals surface area contributed by atoms with Gasteiger partial charge in [-0.15, -0.1) is 11.3 Å². The Labute approximate surface area is 190 Å². The molecule has 6 heteroatoms. The van der Waals surface area contributed by atoms with Crippen molar-refractivity contribution in [2.45, 2.75) is 32.4 Å². The van der Waals surface area contributed by atoms with Crippen LogP contribution in [0.5, 0.6) is 11.5 Å². The number of pyridine rings is 1. The van der Waals surface area contributed by atoms with Crippen LogP contribution in [0, 0.1) is 6.92 Å². The van der Waals surface area contributed by atoms with E-state index < -0.39 is 0 Å². The van der Waals surface area contributed by atoms with Crippen LogP contribution in [0.4, 0.5) is 0 Å². The van der Waals surface area contributed by atoms with E-state index in [2.05, 4.69) is 42.6 Å². The molecule has 6 rings (SSSR count). The minimum Gasteiger partial charge on any atom is -0.454 e. The number of rotatable bonds is 5. The molecule has 0 saturated heterocycles. The second-order valence-electron chi connectivity index (χ2n) is 8.40. The average Bonchev–Trinajstić information content (AvgIpc) is 3.29. The van der Waals surface area contributed by atoms with Crippen LogP contribution < -0.4 is 9.47 Å². The zero-order valence-electron chi connectivity index (χ0n) is 17.7. The smallest absolute Gasteiger partial charge is 0.254 e. The van der Waals surface area contributed by atoms with Crippen molar-refractivity contribution >= 4 is 28.1 Å². The fourth-order valence-electron chi connectivity index (χ4n) is 4.20. The number of hydrogen-bond donors (Lipinski definition) is 0. The number of aromatic nitrogens is 1. The number of nitrogens with zero attached hydrogens (tertiary/aromatic N) is 2. The third-order valence-electron chi connectivity index (χ3n) is 6.02. The molecule has 2 aromatic heterocycles. The number of carbonyl (C=O) groups is 1. The van der Waals surface area contributed by atoms with Crippen LogP contribution in [-0.4, -0.2) is 28.6 Å². The maximum absolute atomic E-state index is 13.5. The van der Waals surface area contributed by atoms with Crippen LogP contribution in [0.25, 0.3) is 21.5 Å². The normalized spacial score (nSPS) is 14.7. The fraction of sp³-hybridized carbons (Fsp3) is 0.231. The number of amides is 1. The van der Waals surface area contributed by atoms with Gasteiger partial charge < -0.3 is 14.4 Å². The van der Waals surface area contributed by atoms with Gasteiger partial charge in [0.25, 0.3) is 5.91 Å². The second kappa shape index (κ2) is 7.64. The predicted molar refractivity (Wildman–Crippen MR) is 125 cm³/mol. The standard InChI is InChI=1S/C26H22N2O3S/c1-16-4-5-17-12-19(25(27-21(17)11-16)24-3-2-10-32-24)14-28(20-7-8-20)26(29)18-6-9-22-23(13-18)31-15-30-22/h2-6,9-13,20H,7-8,14-15H2,1H3. The number of thiophene rings is 1. The SMILES string of the molecule is Cc1ccc2cc(CN(C(=O)c3ccc4c(c3)OCO4)C3CC3)c(-c3cccs3)nc2c1. The van der Waals surface area contributed by atoms with Crippen molar-refractivity contribution in [2.24, 2.45) is 0 Å². The van der Waals surface area contributed by atoms with Gasteiger partial charge >= 0.3 is 0 Å². The summed E-state index contributed by atoms with van der Waals surface area (Å²) in [7, 11) is 0. The number of ether oxygens (including phenoxy) is 2. The van der Waals surface area contributed by atoms with Crippen molar-refractivity contribution in [3.8, 4) is 22.1 Å². The van der Waals surface area contributed by atoms with Gasteiger partial charge in [-0.3, -0.25) is 4.79 Å². The maximum Gasteiger partial charge on any atom is 0.254 e. The topological polar surface area (TPSA) is 51.7 Å². The Morgan fingerprint density at radius 1 is 1.09 bits per heavy atom. The summed E-state index contributed by atoms with van der Waals surface area (Å²) >= 11 is 1.68. The highest BCUT2D eigenvalue weighted by Crippen LogP contribution is 2.37. The molecular weight excluding hydrogens is 420 g/mol. The lowest BCUT2D eigenvalue weighted by Crippen LogP contribution is -2.32. The third kappa shape index (κ3) is 3.50. The Kier molecular flexibility index (Phi) is 4.61. The minimum absolute atomic E-state index is 0.0203. The lowest BCUT2D eigenvalue weighted by molar-refractivity contribution is 0.0729. The molecule has 1 amide bonds. The summed E-state index contributed by atoms with van der Waals surface area (Å²) in [6.45, 7) is 2.81. The number of fused-ring (bicyclic) bond motifs is 2. The Hall–Kier alpha value is -3.38. The van der Waals surface area contributed by atoms with Gasteiger partial charge in [-0.2, -0.15) is 0 Å². The van der Waals surface area contributed by atoms with Gasteiger partial charge in [-0.25, -0.2) is 4.98 Å². The summed E-state index contributed by atoms with van der Waals surface area (Å²) in [5, 5.41) is 3.16. The predicted octanol–water partition coefficient (Wildman–Crippen LogP) is 5.81. The highest BCUT2D eigenvalue weighted by Gasteiger charge is 2.34. The molecule has 0 atom stereocenters. The Morgan fingerprint density at radius 2 is 1.97 bits per heavy atom. The first-order chi connectivity index (χ1) is 15.7. The summed E-state index contributed by atoms with van der Waals surface area (Å²) in [5.74, 6) is 1.34. The zero-order valence-corrected chi connectivity index (χ0v) is 18.5. The molecule has 2 aliphatic rings. The number of carbonyl (C=O) groups excluding carboxylic acids is 1. The van der Waals surface area contributed by atoms with Crippen LogP contribution in [0.15, 0.2) is 60.0 Å². The van der Waals surface area contributed by atoms with Gasteiger partial charge in [0, 0.05) is 23.5 Å². The van der Waals surface area contributed by atoms with E-state index in [1.807, 2.05) is 23.1 Å². The second-order valence-corrected chi connectivity index (χ2v) is 9.35. The Balaban J connectivity index is 1.40. The molecule has 4 aromatic rings. The number of aryl methyl sites for hydroxylation is 1. The Morgan fingerprint density at radius 3 is 2.78 bits per heavy atom. The summed E-state index contributed by atoms with van der Waals surface area (Å²) in [4.78, 5) is 21.7. The van der Waals surface area contributed by atoms with Crippen molar-refractivity contribution in [2.75, 3.05) is 6.79 Å². The molecule has 32 heavy (non-hydrogen) atoms. The van der Waals surface area contributed by atoms with E-state index in [4.69, 9.17) is 14.5 Å². The maximum atomic E-state index is 13.5. The van der Waals surface area contributed by atoms with Crippen molar-refractivity contribution in [3.05, 3.63) is 76.7 Å². The quantitative estimate of drug-likeness (QED) is 0.392. The molecule has 1 saturated carbocycles. The zero-order chi connectivity index (χ0) is 21.7. The van der Waals surface area contributed by atoms with E-state index in [1.54, 1.807) is 17.4 Å². The van der Waals surface area contributed by atoms with Gasteiger partial charge in [-0.05, 0) is 72.7 Å². The summed E-state index contributed by atoms with van der Waals surface area (Å²) < 4.78 is 10.9. The molecular formula is C26H22N2O3S. The van der Waals surface area contributed by atoms with Crippen LogP contribution in [-0.2, 0) is 6.54 Å². The molecule has 0 radical (unpaired) electrons. The van der Waals surface area contributed by atoms with Crippen LogP contribution in [0.1, 0.15) is 34.3 Å². The first-order valence-corrected chi connectivity index (χ1v) is 11.7.